The van der Waals surface area contributed by atoms with Crippen LogP contribution in [-0.4, -0.2) is 62.4 Å². The van der Waals surface area contributed by atoms with E-state index < -0.39 is 0 Å². The zero-order valence-electron chi connectivity index (χ0n) is 22.3. The molecule has 0 aliphatic carbocycles. The van der Waals surface area contributed by atoms with E-state index in [1.54, 1.807) is 19.2 Å². The van der Waals surface area contributed by atoms with Gasteiger partial charge in [0.05, 0.1) is 26.8 Å². The van der Waals surface area contributed by atoms with Crippen LogP contribution < -0.4 is 20.1 Å². The van der Waals surface area contributed by atoms with Crippen molar-refractivity contribution in [1.82, 2.24) is 15.5 Å². The summed E-state index contributed by atoms with van der Waals surface area (Å²) >= 11 is 0. The van der Waals surface area contributed by atoms with Gasteiger partial charge < -0.3 is 25.0 Å². The summed E-state index contributed by atoms with van der Waals surface area (Å²) in [5.74, 6) is 1.43. The molecule has 2 aromatic carbocycles. The van der Waals surface area contributed by atoms with Crippen molar-refractivity contribution in [3.8, 4) is 11.5 Å². The highest BCUT2D eigenvalue weighted by Crippen LogP contribution is 2.28. The first kappa shape index (κ1) is 28.2. The molecular formula is C29H39N3O5. The number of methoxy groups -OCH3 is 1. The summed E-state index contributed by atoms with van der Waals surface area (Å²) in [6.07, 6.45) is 1.93. The quantitative estimate of drug-likeness (QED) is 0.454. The maximum atomic E-state index is 12.9. The first-order valence-corrected chi connectivity index (χ1v) is 13.0. The molecule has 1 unspecified atom stereocenters. The van der Waals surface area contributed by atoms with E-state index in [-0.39, 0.29) is 42.5 Å². The number of nitrogens with one attached hydrogen (secondary N) is 2. The van der Waals surface area contributed by atoms with Gasteiger partial charge in [-0.1, -0.05) is 32.0 Å². The van der Waals surface area contributed by atoms with Crippen molar-refractivity contribution in [3.05, 3.63) is 59.2 Å². The molecule has 1 atom stereocenters. The fourth-order valence-corrected chi connectivity index (χ4v) is 4.37. The van der Waals surface area contributed by atoms with E-state index in [9.17, 15) is 14.4 Å². The predicted molar refractivity (Wildman–Crippen MR) is 143 cm³/mol. The number of Topliss-reactive ketones (excluding diaryl/α,β-unsaturated/α-hetero) is 1. The minimum atomic E-state index is -0.253. The second-order valence-electron chi connectivity index (χ2n) is 9.61. The van der Waals surface area contributed by atoms with Gasteiger partial charge in [0.2, 0.25) is 5.91 Å². The molecule has 37 heavy (non-hydrogen) atoms. The molecule has 1 aliphatic rings. The number of hydrogen-bond donors (Lipinski definition) is 2. The van der Waals surface area contributed by atoms with Gasteiger partial charge in [-0.15, -0.1) is 0 Å². The Bertz CT molecular complexity index is 1070. The highest BCUT2D eigenvalue weighted by molar-refractivity contribution is 5.97. The summed E-state index contributed by atoms with van der Waals surface area (Å²) in [6, 6.07) is 13.2. The maximum Gasteiger partial charge on any atom is 0.251 e. The number of likely N-dealkylation sites (tertiary alicyclic amines) is 1. The van der Waals surface area contributed by atoms with Crippen LogP contribution in [0.4, 0.5) is 0 Å². The molecule has 1 fully saturated rings. The number of ether oxygens (including phenoxy) is 2. The minimum absolute atomic E-state index is 0.00477. The lowest BCUT2D eigenvalue weighted by atomic mass is 9.90. The highest BCUT2D eigenvalue weighted by atomic mass is 16.5. The van der Waals surface area contributed by atoms with Crippen LogP contribution in [0.3, 0.4) is 0 Å². The fraction of sp³-hybridized carbons (Fsp3) is 0.483. The van der Waals surface area contributed by atoms with Crippen LogP contribution >= 0.6 is 0 Å². The number of hydrogen-bond acceptors (Lipinski definition) is 6. The summed E-state index contributed by atoms with van der Waals surface area (Å²) in [5.41, 5.74) is 2.61. The van der Waals surface area contributed by atoms with Gasteiger partial charge in [0, 0.05) is 48.7 Å². The van der Waals surface area contributed by atoms with Crippen LogP contribution in [0.5, 0.6) is 11.5 Å². The van der Waals surface area contributed by atoms with Crippen LogP contribution in [0.25, 0.3) is 0 Å². The van der Waals surface area contributed by atoms with Crippen LogP contribution in [0, 0.1) is 5.92 Å². The summed E-state index contributed by atoms with van der Waals surface area (Å²) in [7, 11) is 1.62. The Kier molecular flexibility index (Phi) is 10.5. The lowest BCUT2D eigenvalue weighted by molar-refractivity contribution is -0.131. The van der Waals surface area contributed by atoms with Gasteiger partial charge in [-0.3, -0.25) is 14.4 Å². The third kappa shape index (κ3) is 8.05. The van der Waals surface area contributed by atoms with E-state index >= 15 is 0 Å². The third-order valence-corrected chi connectivity index (χ3v) is 6.65. The molecule has 200 valence electrons. The molecule has 8 heteroatoms. The van der Waals surface area contributed by atoms with Gasteiger partial charge in [-0.25, -0.2) is 0 Å². The van der Waals surface area contributed by atoms with Gasteiger partial charge in [0.1, 0.15) is 11.5 Å². The van der Waals surface area contributed by atoms with Crippen molar-refractivity contribution in [1.29, 1.82) is 0 Å². The van der Waals surface area contributed by atoms with Gasteiger partial charge >= 0.3 is 0 Å². The molecule has 0 bridgehead atoms. The number of benzene rings is 2. The number of nitrogens with zero attached hydrogens (tertiary/aromatic N) is 1. The number of carbonyl (C=O) groups excluding carboxylic acids is 3. The Hall–Kier alpha value is -3.39. The number of amides is 2. The molecule has 0 radical (unpaired) electrons. The van der Waals surface area contributed by atoms with Crippen LogP contribution in [0.15, 0.2) is 42.5 Å². The summed E-state index contributed by atoms with van der Waals surface area (Å²) < 4.78 is 11.0. The first-order chi connectivity index (χ1) is 17.8. The van der Waals surface area contributed by atoms with Crippen molar-refractivity contribution in [2.24, 2.45) is 5.92 Å². The molecule has 2 amide bonds. The average molecular weight is 510 g/mol. The van der Waals surface area contributed by atoms with E-state index in [1.807, 2.05) is 56.0 Å². The number of ketones is 1. The molecule has 0 saturated carbocycles. The van der Waals surface area contributed by atoms with Gasteiger partial charge in [0.15, 0.2) is 5.78 Å². The first-order valence-electron chi connectivity index (χ1n) is 13.0. The Balaban J connectivity index is 1.51. The fourth-order valence-electron chi connectivity index (χ4n) is 4.37. The Morgan fingerprint density at radius 3 is 2.51 bits per heavy atom. The van der Waals surface area contributed by atoms with Crippen molar-refractivity contribution in [2.75, 3.05) is 39.9 Å². The molecule has 3 rings (SSSR count). The maximum absolute atomic E-state index is 12.9. The zero-order valence-corrected chi connectivity index (χ0v) is 22.3. The molecule has 1 aliphatic heterocycles. The smallest absolute Gasteiger partial charge is 0.251 e. The monoisotopic (exact) mass is 509 g/mol. The van der Waals surface area contributed by atoms with Gasteiger partial charge in [-0.05, 0) is 43.5 Å². The van der Waals surface area contributed by atoms with E-state index in [0.717, 1.165) is 42.0 Å². The normalized spacial score (nSPS) is 15.4. The van der Waals surface area contributed by atoms with Crippen LogP contribution in [-0.2, 0) is 16.1 Å². The van der Waals surface area contributed by atoms with E-state index in [2.05, 4.69) is 10.6 Å². The molecule has 2 aromatic rings. The summed E-state index contributed by atoms with van der Waals surface area (Å²) in [5, 5.41) is 5.94. The van der Waals surface area contributed by atoms with E-state index in [4.69, 9.17) is 9.47 Å². The molecule has 8 nitrogen and oxygen atoms in total. The van der Waals surface area contributed by atoms with Gasteiger partial charge in [-0.2, -0.15) is 0 Å². The van der Waals surface area contributed by atoms with Crippen LogP contribution in [0.2, 0.25) is 0 Å². The SMILES string of the molecule is CCOc1cc(OC)ccc1CNCC(=O)N1CCCC(c2ccc(C(=O)NCC(=O)C(C)C)cc2)C1. The topological polar surface area (TPSA) is 97.0 Å². The van der Waals surface area contributed by atoms with Crippen LogP contribution in [0.1, 0.15) is 61.0 Å². The van der Waals surface area contributed by atoms with Crippen molar-refractivity contribution in [3.63, 3.8) is 0 Å². The highest BCUT2D eigenvalue weighted by Gasteiger charge is 2.25. The molecule has 2 N–H and O–H groups in total. The van der Waals surface area contributed by atoms with E-state index in [0.29, 0.717) is 25.3 Å². The van der Waals surface area contributed by atoms with Crippen molar-refractivity contribution >= 4 is 17.6 Å². The largest absolute Gasteiger partial charge is 0.497 e. The Labute approximate surface area is 219 Å². The summed E-state index contributed by atoms with van der Waals surface area (Å²) in [4.78, 5) is 39.0. The molecule has 0 aromatic heterocycles. The molecular weight excluding hydrogens is 470 g/mol. The Morgan fingerprint density at radius 2 is 1.84 bits per heavy atom. The van der Waals surface area contributed by atoms with E-state index in [1.165, 1.54) is 0 Å². The predicted octanol–water partition coefficient (Wildman–Crippen LogP) is 3.54. The lowest BCUT2D eigenvalue weighted by Gasteiger charge is -2.33. The number of carbonyl (C=O) groups is 3. The minimum Gasteiger partial charge on any atom is -0.497 e. The second-order valence-corrected chi connectivity index (χ2v) is 9.61. The second kappa shape index (κ2) is 13.8. The molecule has 1 saturated heterocycles. The number of rotatable bonds is 12. The van der Waals surface area contributed by atoms with Crippen molar-refractivity contribution in [2.45, 2.75) is 46.1 Å². The zero-order chi connectivity index (χ0) is 26.8. The van der Waals surface area contributed by atoms with Crippen molar-refractivity contribution < 1.29 is 23.9 Å². The average Bonchev–Trinajstić information content (AvgIpc) is 2.92. The summed E-state index contributed by atoms with van der Waals surface area (Å²) in [6.45, 7) is 8.33. The molecule has 0 spiro atoms. The number of piperidine rings is 1. The molecule has 1 heterocycles. The third-order valence-electron chi connectivity index (χ3n) is 6.65. The Morgan fingerprint density at radius 1 is 1.08 bits per heavy atom. The standard InChI is InChI=1S/C29H39N3O5/c1-5-37-27-15-25(36-4)13-12-23(27)16-30-18-28(34)32-14-6-7-24(19-32)21-8-10-22(11-9-21)29(35)31-17-26(33)20(2)3/h8-13,15,20,24,30H,5-7,14,16-19H2,1-4H3,(H,31,35). The lowest BCUT2D eigenvalue weighted by Crippen LogP contribution is -2.43. The van der Waals surface area contributed by atoms with Gasteiger partial charge in [0.25, 0.3) is 5.91 Å².